The van der Waals surface area contributed by atoms with Gasteiger partial charge in [0, 0.05) is 17.1 Å². The molecule has 0 aliphatic heterocycles. The van der Waals surface area contributed by atoms with Crippen LogP contribution in [-0.2, 0) is 10.8 Å². The Bertz CT molecular complexity index is 790. The molecule has 1 N–H and O–H groups in total. The molecular weight excluding hydrogens is 272 g/mol. The van der Waals surface area contributed by atoms with Crippen LogP contribution in [-0.4, -0.2) is 9.67 Å². The first-order valence-electron chi connectivity index (χ1n) is 7.65. The van der Waals surface area contributed by atoms with Crippen LogP contribution in [0, 0.1) is 25.2 Å². The largest absolute Gasteiger partial charge is 0.508 e. The Hall–Kier alpha value is -2.21. The van der Waals surface area contributed by atoms with Gasteiger partial charge in [0.25, 0.3) is 0 Å². The highest BCUT2D eigenvalue weighted by molar-refractivity contribution is 5.58. The van der Waals surface area contributed by atoms with E-state index in [0.717, 1.165) is 17.8 Å². The lowest BCUT2D eigenvalue weighted by atomic mass is 9.80. The molecule has 1 aliphatic carbocycles. The van der Waals surface area contributed by atoms with Crippen LogP contribution in [0.15, 0.2) is 24.3 Å². The third-order valence-electron chi connectivity index (χ3n) is 5.02. The molecule has 1 aliphatic rings. The SMILES string of the molecule is Cc1c2c(c(C)n1-c1ccc(O)cc1)C(C)(C#N)CC2(C)C. The number of rotatable bonds is 1. The second-order valence-electron chi connectivity index (χ2n) is 7.28. The van der Waals surface area contributed by atoms with Gasteiger partial charge in [0.05, 0.1) is 11.5 Å². The smallest absolute Gasteiger partial charge is 0.115 e. The first-order chi connectivity index (χ1) is 10.2. The van der Waals surface area contributed by atoms with E-state index in [1.807, 2.05) is 19.1 Å². The van der Waals surface area contributed by atoms with Crippen molar-refractivity contribution >= 4 is 0 Å². The molecule has 1 heterocycles. The van der Waals surface area contributed by atoms with E-state index < -0.39 is 5.41 Å². The van der Waals surface area contributed by atoms with Crippen LogP contribution >= 0.6 is 0 Å². The van der Waals surface area contributed by atoms with Crippen LogP contribution in [0.1, 0.15) is 49.7 Å². The average Bonchev–Trinajstić information content (AvgIpc) is 2.84. The van der Waals surface area contributed by atoms with Crippen LogP contribution in [0.2, 0.25) is 0 Å². The molecule has 114 valence electrons. The Morgan fingerprint density at radius 2 is 1.59 bits per heavy atom. The summed E-state index contributed by atoms with van der Waals surface area (Å²) in [5, 5.41) is 19.3. The van der Waals surface area contributed by atoms with Gasteiger partial charge in [0.15, 0.2) is 0 Å². The maximum atomic E-state index is 9.74. The van der Waals surface area contributed by atoms with Crippen molar-refractivity contribution in [2.45, 2.75) is 51.9 Å². The van der Waals surface area contributed by atoms with E-state index in [4.69, 9.17) is 0 Å². The lowest BCUT2D eigenvalue weighted by molar-refractivity contribution is 0.434. The van der Waals surface area contributed by atoms with Crippen molar-refractivity contribution in [3.63, 3.8) is 0 Å². The highest BCUT2D eigenvalue weighted by atomic mass is 16.3. The molecule has 3 rings (SSSR count). The molecule has 1 aromatic heterocycles. The van der Waals surface area contributed by atoms with Gasteiger partial charge in [-0.15, -0.1) is 0 Å². The Kier molecular flexibility index (Phi) is 2.94. The number of benzene rings is 1. The third-order valence-corrected chi connectivity index (χ3v) is 5.02. The Balaban J connectivity index is 2.32. The monoisotopic (exact) mass is 294 g/mol. The van der Waals surface area contributed by atoms with E-state index in [1.54, 1.807) is 12.1 Å². The fraction of sp³-hybridized carbons (Fsp3) is 0.421. The summed E-state index contributed by atoms with van der Waals surface area (Å²) in [4.78, 5) is 0. The van der Waals surface area contributed by atoms with E-state index >= 15 is 0 Å². The Morgan fingerprint density at radius 3 is 2.14 bits per heavy atom. The van der Waals surface area contributed by atoms with Gasteiger partial charge >= 0.3 is 0 Å². The van der Waals surface area contributed by atoms with Crippen molar-refractivity contribution in [1.29, 1.82) is 5.26 Å². The zero-order chi connectivity index (χ0) is 16.3. The first-order valence-corrected chi connectivity index (χ1v) is 7.65. The zero-order valence-electron chi connectivity index (χ0n) is 13.9. The van der Waals surface area contributed by atoms with E-state index in [0.29, 0.717) is 0 Å². The molecule has 0 saturated carbocycles. The van der Waals surface area contributed by atoms with E-state index in [2.05, 4.69) is 38.3 Å². The standard InChI is InChI=1S/C19H22N2O/c1-12-16-17(19(5,11-20)10-18(16,3)4)13(2)21(12)14-6-8-15(22)9-7-14/h6-9,22H,10H2,1-5H3. The fourth-order valence-electron chi connectivity index (χ4n) is 4.49. The zero-order valence-corrected chi connectivity index (χ0v) is 13.9. The van der Waals surface area contributed by atoms with Gasteiger partial charge in [-0.3, -0.25) is 0 Å². The second-order valence-corrected chi connectivity index (χ2v) is 7.28. The number of phenols is 1. The van der Waals surface area contributed by atoms with Crippen molar-refractivity contribution in [3.05, 3.63) is 46.8 Å². The van der Waals surface area contributed by atoms with Gasteiger partial charge in [-0.25, -0.2) is 0 Å². The highest BCUT2D eigenvalue weighted by Gasteiger charge is 2.49. The van der Waals surface area contributed by atoms with Crippen molar-refractivity contribution in [1.82, 2.24) is 4.57 Å². The molecule has 3 nitrogen and oxygen atoms in total. The molecule has 0 saturated heterocycles. The lowest BCUT2D eigenvalue weighted by Gasteiger charge is -2.24. The molecule has 0 amide bonds. The molecule has 22 heavy (non-hydrogen) atoms. The number of aromatic hydroxyl groups is 1. The van der Waals surface area contributed by atoms with Crippen LogP contribution in [0.4, 0.5) is 0 Å². The van der Waals surface area contributed by atoms with Crippen LogP contribution in [0.25, 0.3) is 5.69 Å². The van der Waals surface area contributed by atoms with Gasteiger partial charge in [-0.2, -0.15) is 5.26 Å². The van der Waals surface area contributed by atoms with Gasteiger partial charge in [0.2, 0.25) is 0 Å². The minimum absolute atomic E-state index is 0.00315. The maximum Gasteiger partial charge on any atom is 0.115 e. The van der Waals surface area contributed by atoms with Gasteiger partial charge in [-0.05, 0) is 68.0 Å². The molecule has 0 spiro atoms. The number of phenolic OH excluding ortho intramolecular Hbond substituents is 1. The molecule has 0 bridgehead atoms. The average molecular weight is 294 g/mol. The molecule has 1 atom stereocenters. The molecule has 2 aromatic rings. The quantitative estimate of drug-likeness (QED) is 0.854. The Labute approximate surface area is 131 Å². The summed E-state index contributed by atoms with van der Waals surface area (Å²) in [5.41, 5.74) is 5.41. The van der Waals surface area contributed by atoms with Crippen LogP contribution < -0.4 is 0 Å². The summed E-state index contributed by atoms with van der Waals surface area (Å²) in [6.07, 6.45) is 0.860. The normalized spacial score (nSPS) is 22.4. The predicted octanol–water partition coefficient (Wildman–Crippen LogP) is 4.26. The third kappa shape index (κ3) is 1.80. The molecule has 0 radical (unpaired) electrons. The van der Waals surface area contributed by atoms with Gasteiger partial charge in [-0.1, -0.05) is 13.8 Å². The summed E-state index contributed by atoms with van der Waals surface area (Å²) in [6.45, 7) is 10.7. The summed E-state index contributed by atoms with van der Waals surface area (Å²) < 4.78 is 2.21. The molecular formula is C19H22N2O. The van der Waals surface area contributed by atoms with Gasteiger partial charge in [0.1, 0.15) is 5.75 Å². The molecule has 0 fully saturated rings. The van der Waals surface area contributed by atoms with Gasteiger partial charge < -0.3 is 9.67 Å². The van der Waals surface area contributed by atoms with Crippen molar-refractivity contribution < 1.29 is 5.11 Å². The molecule has 3 heteroatoms. The maximum absolute atomic E-state index is 9.74. The van der Waals surface area contributed by atoms with Crippen LogP contribution in [0.5, 0.6) is 5.75 Å². The summed E-state index contributed by atoms with van der Waals surface area (Å²) in [6, 6.07) is 9.78. The van der Waals surface area contributed by atoms with Crippen molar-refractivity contribution in [2.24, 2.45) is 0 Å². The Morgan fingerprint density at radius 1 is 1.05 bits per heavy atom. The first kappa shape index (κ1) is 14.7. The minimum atomic E-state index is -0.435. The fourth-order valence-corrected chi connectivity index (χ4v) is 4.49. The van der Waals surface area contributed by atoms with E-state index in [1.165, 1.54) is 16.8 Å². The summed E-state index contributed by atoms with van der Waals surface area (Å²) in [5.74, 6) is 0.265. The highest BCUT2D eigenvalue weighted by Crippen LogP contribution is 2.53. The number of hydrogen-bond donors (Lipinski definition) is 1. The van der Waals surface area contributed by atoms with E-state index in [9.17, 15) is 10.4 Å². The topological polar surface area (TPSA) is 49.0 Å². The second kappa shape index (κ2) is 4.39. The van der Waals surface area contributed by atoms with Crippen molar-refractivity contribution in [2.75, 3.05) is 0 Å². The number of nitriles is 1. The molecule has 1 aromatic carbocycles. The number of nitrogens with zero attached hydrogens (tertiary/aromatic N) is 2. The predicted molar refractivity (Wildman–Crippen MR) is 87.5 cm³/mol. The number of hydrogen-bond acceptors (Lipinski definition) is 2. The minimum Gasteiger partial charge on any atom is -0.508 e. The molecule has 1 unspecified atom stereocenters. The lowest BCUT2D eigenvalue weighted by Crippen LogP contribution is -2.22. The summed E-state index contributed by atoms with van der Waals surface area (Å²) >= 11 is 0. The van der Waals surface area contributed by atoms with Crippen LogP contribution in [0.3, 0.4) is 0 Å². The van der Waals surface area contributed by atoms with Crippen molar-refractivity contribution in [3.8, 4) is 17.5 Å². The van der Waals surface area contributed by atoms with E-state index in [-0.39, 0.29) is 11.2 Å². The number of aromatic nitrogens is 1. The number of fused-ring (bicyclic) bond motifs is 1. The summed E-state index contributed by atoms with van der Waals surface area (Å²) in [7, 11) is 0.